The highest BCUT2D eigenvalue weighted by Crippen LogP contribution is 2.27. The van der Waals surface area contributed by atoms with Crippen molar-refractivity contribution in [3.8, 4) is 0 Å². The second kappa shape index (κ2) is 6.04. The molecule has 19 heavy (non-hydrogen) atoms. The molecule has 0 saturated carbocycles. The van der Waals surface area contributed by atoms with Crippen molar-refractivity contribution in [3.63, 3.8) is 0 Å². The highest BCUT2D eigenvalue weighted by atomic mass is 19.3. The second-order valence-electron chi connectivity index (χ2n) is 4.72. The minimum Gasteiger partial charge on any atom is -0.283 e. The number of fused-ring (bicyclic) bond motifs is 1. The molecule has 2 aromatic heterocycles. The lowest BCUT2D eigenvalue weighted by Gasteiger charge is -2.14. The van der Waals surface area contributed by atoms with E-state index in [1.807, 2.05) is 18.2 Å². The van der Waals surface area contributed by atoms with Gasteiger partial charge in [0.15, 0.2) is 5.65 Å². The molecular formula is C13H18F2N4. The third-order valence-corrected chi connectivity index (χ3v) is 3.27. The monoisotopic (exact) mass is 268 g/mol. The first kappa shape index (κ1) is 13.8. The molecule has 0 aliphatic heterocycles. The molecule has 0 radical (unpaired) electrons. The average Bonchev–Trinajstić information content (AvgIpc) is 2.79. The fraction of sp³-hybridized carbons (Fsp3) is 0.615. The number of hydrogen-bond acceptors (Lipinski definition) is 3. The lowest BCUT2D eigenvalue weighted by atomic mass is 9.97. The molecule has 2 rings (SSSR count). The van der Waals surface area contributed by atoms with E-state index in [0.717, 1.165) is 24.4 Å². The summed E-state index contributed by atoms with van der Waals surface area (Å²) in [5.74, 6) is 0.791. The molecule has 0 saturated heterocycles. The fourth-order valence-corrected chi connectivity index (χ4v) is 2.32. The third kappa shape index (κ3) is 3.05. The van der Waals surface area contributed by atoms with Gasteiger partial charge in [0.25, 0.3) is 0 Å². The molecule has 0 bridgehead atoms. The fourth-order valence-electron chi connectivity index (χ4n) is 2.32. The van der Waals surface area contributed by atoms with E-state index < -0.39 is 6.43 Å². The van der Waals surface area contributed by atoms with Crippen molar-refractivity contribution in [1.82, 2.24) is 19.6 Å². The summed E-state index contributed by atoms with van der Waals surface area (Å²) in [6.45, 7) is 3.91. The Morgan fingerprint density at radius 2 is 2.00 bits per heavy atom. The van der Waals surface area contributed by atoms with Gasteiger partial charge >= 0.3 is 0 Å². The van der Waals surface area contributed by atoms with Gasteiger partial charge in [-0.3, -0.25) is 9.38 Å². The minimum atomic E-state index is -2.26. The summed E-state index contributed by atoms with van der Waals surface area (Å²) in [7, 11) is 0. The molecule has 0 N–H and O–H groups in total. The van der Waals surface area contributed by atoms with Gasteiger partial charge in [-0.05, 0) is 19.8 Å². The standard InChI is InChI=1S/C13H18F2N4/c1-3-4-10(5-6-11(14)15)13-18-17-12-9(2)16-7-8-19(12)13/h7-8,10-11H,3-6H2,1-2H3. The Kier molecular flexibility index (Phi) is 4.39. The largest absolute Gasteiger partial charge is 0.283 e. The van der Waals surface area contributed by atoms with Crippen LogP contribution in [0.25, 0.3) is 5.65 Å². The van der Waals surface area contributed by atoms with Crippen LogP contribution in [0.3, 0.4) is 0 Å². The first-order chi connectivity index (χ1) is 9.13. The van der Waals surface area contributed by atoms with Crippen LogP contribution in [0.15, 0.2) is 12.4 Å². The Morgan fingerprint density at radius 3 is 2.68 bits per heavy atom. The highest BCUT2D eigenvalue weighted by molar-refractivity contribution is 5.42. The summed E-state index contributed by atoms with van der Waals surface area (Å²) in [5, 5.41) is 8.29. The normalized spacial score (nSPS) is 13.3. The average molecular weight is 268 g/mol. The number of nitrogens with zero attached hydrogens (tertiary/aromatic N) is 4. The maximum atomic E-state index is 12.4. The van der Waals surface area contributed by atoms with Crippen molar-refractivity contribution in [2.24, 2.45) is 0 Å². The Bertz CT molecular complexity index is 538. The van der Waals surface area contributed by atoms with Crippen molar-refractivity contribution >= 4 is 5.65 Å². The molecule has 0 aliphatic rings. The maximum Gasteiger partial charge on any atom is 0.238 e. The second-order valence-corrected chi connectivity index (χ2v) is 4.72. The zero-order valence-corrected chi connectivity index (χ0v) is 11.2. The van der Waals surface area contributed by atoms with E-state index >= 15 is 0 Å². The minimum absolute atomic E-state index is 0.0239. The molecule has 1 unspecified atom stereocenters. The van der Waals surface area contributed by atoms with Crippen LogP contribution in [0.1, 0.15) is 50.0 Å². The number of alkyl halides is 2. The van der Waals surface area contributed by atoms with Crippen LogP contribution in [0.2, 0.25) is 0 Å². The molecule has 2 aromatic rings. The van der Waals surface area contributed by atoms with Crippen LogP contribution in [0, 0.1) is 6.92 Å². The molecule has 6 heteroatoms. The molecule has 0 amide bonds. The van der Waals surface area contributed by atoms with Crippen molar-refractivity contribution in [2.45, 2.75) is 51.9 Å². The Balaban J connectivity index is 2.30. The van der Waals surface area contributed by atoms with Gasteiger partial charge in [-0.1, -0.05) is 13.3 Å². The van der Waals surface area contributed by atoms with Crippen LogP contribution in [-0.4, -0.2) is 26.0 Å². The van der Waals surface area contributed by atoms with Crippen LogP contribution in [0.4, 0.5) is 8.78 Å². The molecule has 0 fully saturated rings. The van der Waals surface area contributed by atoms with Crippen LogP contribution in [-0.2, 0) is 0 Å². The van der Waals surface area contributed by atoms with Crippen LogP contribution in [0.5, 0.6) is 0 Å². The van der Waals surface area contributed by atoms with Crippen molar-refractivity contribution in [1.29, 1.82) is 0 Å². The molecule has 1 atom stereocenters. The lowest BCUT2D eigenvalue weighted by Crippen LogP contribution is -2.07. The van der Waals surface area contributed by atoms with Gasteiger partial charge in [-0.25, -0.2) is 8.78 Å². The van der Waals surface area contributed by atoms with Crippen molar-refractivity contribution in [3.05, 3.63) is 23.9 Å². The molecule has 0 aromatic carbocycles. The van der Waals surface area contributed by atoms with E-state index in [4.69, 9.17) is 0 Å². The number of aryl methyl sites for hydroxylation is 1. The van der Waals surface area contributed by atoms with Crippen molar-refractivity contribution < 1.29 is 8.78 Å². The number of hydrogen-bond donors (Lipinski definition) is 0. The smallest absolute Gasteiger partial charge is 0.238 e. The predicted molar refractivity (Wildman–Crippen MR) is 68.4 cm³/mol. The van der Waals surface area contributed by atoms with Gasteiger partial charge in [0.05, 0.1) is 5.69 Å². The van der Waals surface area contributed by atoms with Gasteiger partial charge in [-0.15, -0.1) is 10.2 Å². The first-order valence-corrected chi connectivity index (χ1v) is 6.57. The first-order valence-electron chi connectivity index (χ1n) is 6.57. The van der Waals surface area contributed by atoms with Gasteiger partial charge in [0.1, 0.15) is 5.82 Å². The molecule has 2 heterocycles. The van der Waals surface area contributed by atoms with Gasteiger partial charge in [0.2, 0.25) is 6.43 Å². The molecular weight excluding hydrogens is 250 g/mol. The highest BCUT2D eigenvalue weighted by Gasteiger charge is 2.19. The molecule has 104 valence electrons. The summed E-state index contributed by atoms with van der Waals surface area (Å²) in [4.78, 5) is 4.16. The van der Waals surface area contributed by atoms with Crippen LogP contribution >= 0.6 is 0 Å². The van der Waals surface area contributed by atoms with E-state index in [-0.39, 0.29) is 12.3 Å². The topological polar surface area (TPSA) is 43.1 Å². The third-order valence-electron chi connectivity index (χ3n) is 3.27. The summed E-state index contributed by atoms with van der Waals surface area (Å²) >= 11 is 0. The maximum absolute atomic E-state index is 12.4. The summed E-state index contributed by atoms with van der Waals surface area (Å²) in [5.41, 5.74) is 1.50. The zero-order chi connectivity index (χ0) is 13.8. The summed E-state index contributed by atoms with van der Waals surface area (Å²) < 4.78 is 26.7. The summed E-state index contributed by atoms with van der Waals surface area (Å²) in [6.07, 6.45) is 3.34. The quantitative estimate of drug-likeness (QED) is 0.806. The van der Waals surface area contributed by atoms with Crippen molar-refractivity contribution in [2.75, 3.05) is 0 Å². The van der Waals surface area contributed by atoms with E-state index in [9.17, 15) is 8.78 Å². The zero-order valence-electron chi connectivity index (χ0n) is 11.2. The SMILES string of the molecule is CCCC(CCC(F)F)c1nnc2c(C)nccn12. The number of aromatic nitrogens is 4. The Hall–Kier alpha value is -1.59. The molecule has 0 spiro atoms. The number of halogens is 2. The van der Waals surface area contributed by atoms with E-state index in [0.29, 0.717) is 12.1 Å². The van der Waals surface area contributed by atoms with Gasteiger partial charge in [0, 0.05) is 24.7 Å². The van der Waals surface area contributed by atoms with Gasteiger partial charge < -0.3 is 0 Å². The Labute approximate surface area is 110 Å². The lowest BCUT2D eigenvalue weighted by molar-refractivity contribution is 0.131. The summed E-state index contributed by atoms with van der Waals surface area (Å²) in [6, 6.07) is 0. The van der Waals surface area contributed by atoms with Gasteiger partial charge in [-0.2, -0.15) is 0 Å². The predicted octanol–water partition coefficient (Wildman–Crippen LogP) is 3.36. The van der Waals surface area contributed by atoms with Crippen LogP contribution < -0.4 is 0 Å². The van der Waals surface area contributed by atoms with E-state index in [2.05, 4.69) is 15.2 Å². The van der Waals surface area contributed by atoms with E-state index in [1.54, 1.807) is 12.4 Å². The van der Waals surface area contributed by atoms with E-state index in [1.165, 1.54) is 0 Å². The molecule has 0 aliphatic carbocycles. The Morgan fingerprint density at radius 1 is 1.21 bits per heavy atom. The number of rotatable bonds is 6. The molecule has 4 nitrogen and oxygen atoms in total.